The Morgan fingerprint density at radius 2 is 1.72 bits per heavy atom. The lowest BCUT2D eigenvalue weighted by atomic mass is 10.0. The van der Waals surface area contributed by atoms with E-state index in [1.165, 1.54) is 25.7 Å². The number of ether oxygens (including phenoxy) is 2. The van der Waals surface area contributed by atoms with Crippen LogP contribution < -0.4 is 5.32 Å². The monoisotopic (exact) mass is 259 g/mol. The number of hydrogen-bond acceptors (Lipinski definition) is 3. The van der Waals surface area contributed by atoms with Gasteiger partial charge in [0, 0.05) is 26.9 Å². The molecule has 0 aliphatic heterocycles. The minimum atomic E-state index is 0.742. The summed E-state index contributed by atoms with van der Waals surface area (Å²) in [5.74, 6) is 1.48. The molecule has 0 heterocycles. The minimum Gasteiger partial charge on any atom is -0.383 e. The predicted molar refractivity (Wildman–Crippen MR) is 78.0 cm³/mol. The van der Waals surface area contributed by atoms with Gasteiger partial charge in [-0.2, -0.15) is 0 Å². The van der Waals surface area contributed by atoms with Gasteiger partial charge in [0.1, 0.15) is 0 Å². The average Bonchev–Trinajstić information content (AvgIpc) is 2.33. The molecule has 0 rings (SSSR count). The zero-order valence-corrected chi connectivity index (χ0v) is 12.8. The van der Waals surface area contributed by atoms with Gasteiger partial charge in [0.25, 0.3) is 0 Å². The molecular weight excluding hydrogens is 226 g/mol. The maximum Gasteiger partial charge on any atom is 0.0587 e. The summed E-state index contributed by atoms with van der Waals surface area (Å²) in [6.45, 7) is 11.4. The fourth-order valence-electron chi connectivity index (χ4n) is 1.91. The summed E-state index contributed by atoms with van der Waals surface area (Å²) < 4.78 is 10.7. The molecule has 0 fully saturated rings. The zero-order chi connectivity index (χ0) is 13.6. The second kappa shape index (κ2) is 13.3. The van der Waals surface area contributed by atoms with Crippen LogP contribution in [0.2, 0.25) is 0 Å². The van der Waals surface area contributed by atoms with Gasteiger partial charge in [-0.1, -0.05) is 27.2 Å². The van der Waals surface area contributed by atoms with E-state index in [0.29, 0.717) is 0 Å². The van der Waals surface area contributed by atoms with Gasteiger partial charge in [-0.05, 0) is 37.6 Å². The molecule has 0 aromatic rings. The summed E-state index contributed by atoms with van der Waals surface area (Å²) in [5, 5.41) is 3.45. The average molecular weight is 259 g/mol. The van der Waals surface area contributed by atoms with Gasteiger partial charge >= 0.3 is 0 Å². The largest absolute Gasteiger partial charge is 0.383 e. The Hall–Kier alpha value is -0.120. The Morgan fingerprint density at radius 3 is 2.33 bits per heavy atom. The molecule has 3 nitrogen and oxygen atoms in total. The lowest BCUT2D eigenvalue weighted by molar-refractivity contribution is 0.108. The molecule has 0 aromatic heterocycles. The van der Waals surface area contributed by atoms with Gasteiger partial charge in [0.15, 0.2) is 0 Å². The van der Waals surface area contributed by atoms with Gasteiger partial charge < -0.3 is 14.8 Å². The topological polar surface area (TPSA) is 30.5 Å². The van der Waals surface area contributed by atoms with E-state index in [1.54, 1.807) is 7.11 Å². The highest BCUT2D eigenvalue weighted by Crippen LogP contribution is 2.10. The first kappa shape index (κ1) is 17.9. The standard InChI is InChI=1S/C15H33NO2/c1-5-6-15(13-16-9-12-17-4)8-11-18-10-7-14(2)3/h14-16H,5-13H2,1-4H3. The minimum absolute atomic E-state index is 0.742. The predicted octanol–water partition coefficient (Wildman–Crippen LogP) is 3.09. The SMILES string of the molecule is CCCC(CCOCCC(C)C)CNCCOC. The van der Waals surface area contributed by atoms with Crippen molar-refractivity contribution in [1.29, 1.82) is 0 Å². The highest BCUT2D eigenvalue weighted by atomic mass is 16.5. The van der Waals surface area contributed by atoms with E-state index in [-0.39, 0.29) is 0 Å². The first-order valence-corrected chi connectivity index (χ1v) is 7.48. The fraction of sp³-hybridized carbons (Fsp3) is 1.00. The number of nitrogens with one attached hydrogen (secondary N) is 1. The Balaban J connectivity index is 3.50. The van der Waals surface area contributed by atoms with Crippen molar-refractivity contribution < 1.29 is 9.47 Å². The van der Waals surface area contributed by atoms with Crippen LogP contribution >= 0.6 is 0 Å². The van der Waals surface area contributed by atoms with Crippen LogP contribution in [0.4, 0.5) is 0 Å². The maximum atomic E-state index is 5.70. The molecular formula is C15H33NO2. The summed E-state index contributed by atoms with van der Waals surface area (Å²) in [4.78, 5) is 0. The normalized spacial score (nSPS) is 13.2. The molecule has 0 saturated carbocycles. The number of hydrogen-bond donors (Lipinski definition) is 1. The van der Waals surface area contributed by atoms with Crippen LogP contribution in [0.5, 0.6) is 0 Å². The third kappa shape index (κ3) is 12.3. The van der Waals surface area contributed by atoms with E-state index < -0.39 is 0 Å². The number of methoxy groups -OCH3 is 1. The van der Waals surface area contributed by atoms with Crippen molar-refractivity contribution in [2.45, 2.75) is 46.5 Å². The Kier molecular flexibility index (Phi) is 13.2. The van der Waals surface area contributed by atoms with Crippen LogP contribution in [-0.2, 0) is 9.47 Å². The smallest absolute Gasteiger partial charge is 0.0587 e. The fourth-order valence-corrected chi connectivity index (χ4v) is 1.91. The van der Waals surface area contributed by atoms with E-state index in [9.17, 15) is 0 Å². The van der Waals surface area contributed by atoms with Gasteiger partial charge in [0.2, 0.25) is 0 Å². The second-order valence-electron chi connectivity index (χ2n) is 5.44. The van der Waals surface area contributed by atoms with Crippen LogP contribution in [0.1, 0.15) is 46.5 Å². The van der Waals surface area contributed by atoms with Crippen LogP contribution in [0.3, 0.4) is 0 Å². The van der Waals surface area contributed by atoms with E-state index >= 15 is 0 Å². The van der Waals surface area contributed by atoms with Crippen LogP contribution in [0.15, 0.2) is 0 Å². The summed E-state index contributed by atoms with van der Waals surface area (Å²) in [7, 11) is 1.74. The van der Waals surface area contributed by atoms with Crippen molar-refractivity contribution in [1.82, 2.24) is 5.32 Å². The zero-order valence-electron chi connectivity index (χ0n) is 12.8. The molecule has 0 aliphatic carbocycles. The van der Waals surface area contributed by atoms with Crippen molar-refractivity contribution in [3.05, 3.63) is 0 Å². The molecule has 3 heteroatoms. The van der Waals surface area contributed by atoms with Crippen molar-refractivity contribution in [3.63, 3.8) is 0 Å². The maximum absolute atomic E-state index is 5.70. The summed E-state index contributed by atoms with van der Waals surface area (Å²) in [6.07, 6.45) is 4.88. The van der Waals surface area contributed by atoms with Gasteiger partial charge in [-0.25, -0.2) is 0 Å². The van der Waals surface area contributed by atoms with Crippen LogP contribution in [0.25, 0.3) is 0 Å². The summed E-state index contributed by atoms with van der Waals surface area (Å²) in [5.41, 5.74) is 0. The van der Waals surface area contributed by atoms with E-state index in [0.717, 1.165) is 44.7 Å². The molecule has 1 atom stereocenters. The third-order valence-corrected chi connectivity index (χ3v) is 3.12. The molecule has 1 N–H and O–H groups in total. The summed E-state index contributed by atoms with van der Waals surface area (Å²) in [6, 6.07) is 0. The van der Waals surface area contributed by atoms with Crippen molar-refractivity contribution in [3.8, 4) is 0 Å². The molecule has 110 valence electrons. The lowest BCUT2D eigenvalue weighted by Crippen LogP contribution is -2.27. The van der Waals surface area contributed by atoms with Crippen LogP contribution in [-0.4, -0.2) is 40.0 Å². The highest BCUT2D eigenvalue weighted by Gasteiger charge is 2.07. The first-order chi connectivity index (χ1) is 8.70. The molecule has 0 spiro atoms. The van der Waals surface area contributed by atoms with E-state index in [1.807, 2.05) is 0 Å². The summed E-state index contributed by atoms with van der Waals surface area (Å²) >= 11 is 0. The molecule has 0 amide bonds. The molecule has 0 aliphatic rings. The molecule has 0 aromatic carbocycles. The molecule has 0 bridgehead atoms. The molecule has 1 unspecified atom stereocenters. The van der Waals surface area contributed by atoms with Crippen molar-refractivity contribution >= 4 is 0 Å². The first-order valence-electron chi connectivity index (χ1n) is 7.48. The highest BCUT2D eigenvalue weighted by molar-refractivity contribution is 4.62. The van der Waals surface area contributed by atoms with Gasteiger partial charge in [-0.15, -0.1) is 0 Å². The number of rotatable bonds is 13. The van der Waals surface area contributed by atoms with Crippen molar-refractivity contribution in [2.24, 2.45) is 11.8 Å². The third-order valence-electron chi connectivity index (χ3n) is 3.12. The quantitative estimate of drug-likeness (QED) is 0.516. The Labute approximate surface area is 114 Å². The molecule has 18 heavy (non-hydrogen) atoms. The Morgan fingerprint density at radius 1 is 1.00 bits per heavy atom. The molecule has 0 saturated heterocycles. The van der Waals surface area contributed by atoms with Gasteiger partial charge in [0.05, 0.1) is 6.61 Å². The second-order valence-corrected chi connectivity index (χ2v) is 5.44. The Bertz CT molecular complexity index is 163. The van der Waals surface area contributed by atoms with Crippen molar-refractivity contribution in [2.75, 3.05) is 40.0 Å². The van der Waals surface area contributed by atoms with E-state index in [4.69, 9.17) is 9.47 Å². The molecule has 0 radical (unpaired) electrons. The van der Waals surface area contributed by atoms with E-state index in [2.05, 4.69) is 26.1 Å². The lowest BCUT2D eigenvalue weighted by Gasteiger charge is -2.17. The van der Waals surface area contributed by atoms with Crippen LogP contribution in [0, 0.1) is 11.8 Å². The van der Waals surface area contributed by atoms with Gasteiger partial charge in [-0.3, -0.25) is 0 Å².